The molecule has 0 atom stereocenters. The number of nitrogens with zero attached hydrogens (tertiary/aromatic N) is 2. The van der Waals surface area contributed by atoms with Gasteiger partial charge in [0.1, 0.15) is 5.65 Å². The zero-order valence-electron chi connectivity index (χ0n) is 12.5. The fraction of sp³-hybridized carbons (Fsp3) is 0.267. The van der Waals surface area contributed by atoms with Gasteiger partial charge in [0.05, 0.1) is 12.2 Å². The highest BCUT2D eigenvalue weighted by atomic mass is 16.5. The molecule has 0 unspecified atom stereocenters. The number of likely N-dealkylation sites (N-methyl/N-ethyl adjacent to an activating group) is 1. The smallest absolute Gasteiger partial charge is 0.255 e. The quantitative estimate of drug-likeness (QED) is 0.770. The number of primary amides is 1. The van der Waals surface area contributed by atoms with Gasteiger partial charge in [-0.1, -0.05) is 0 Å². The average molecular weight is 302 g/mol. The van der Waals surface area contributed by atoms with Crippen LogP contribution in [0, 0.1) is 0 Å². The van der Waals surface area contributed by atoms with Gasteiger partial charge < -0.3 is 20.4 Å². The standard InChI is InChI=1S/C15H18N4O3/c1-19(5-6-22-2)15(21)11-7-12-10(3-4-13(16)20)8-17-14(12)18-9-11/h3-4,7-9H,5-6H2,1-2H3,(H2,16,20)(H,17,18)/b4-3+. The number of pyridine rings is 1. The van der Waals surface area contributed by atoms with E-state index in [0.717, 1.165) is 10.9 Å². The van der Waals surface area contributed by atoms with Gasteiger partial charge in [0, 0.05) is 50.1 Å². The SMILES string of the molecule is COCCN(C)C(=O)c1cnc2[nH]cc(/C=C/C(N)=O)c2c1. The minimum absolute atomic E-state index is 0.141. The van der Waals surface area contributed by atoms with Crippen LogP contribution in [0.2, 0.25) is 0 Å². The van der Waals surface area contributed by atoms with E-state index in [1.807, 2.05) is 0 Å². The van der Waals surface area contributed by atoms with E-state index in [2.05, 4.69) is 9.97 Å². The summed E-state index contributed by atoms with van der Waals surface area (Å²) in [4.78, 5) is 31.9. The van der Waals surface area contributed by atoms with Gasteiger partial charge in [0.2, 0.25) is 5.91 Å². The van der Waals surface area contributed by atoms with Crippen LogP contribution in [0.15, 0.2) is 24.5 Å². The zero-order valence-corrected chi connectivity index (χ0v) is 12.5. The Kier molecular flexibility index (Phi) is 4.90. The third-order valence-electron chi connectivity index (χ3n) is 3.21. The molecule has 2 rings (SSSR count). The van der Waals surface area contributed by atoms with Crippen molar-refractivity contribution in [1.82, 2.24) is 14.9 Å². The van der Waals surface area contributed by atoms with Crippen molar-refractivity contribution in [3.8, 4) is 0 Å². The van der Waals surface area contributed by atoms with E-state index in [0.29, 0.717) is 24.4 Å². The molecular weight excluding hydrogens is 284 g/mol. The van der Waals surface area contributed by atoms with Crippen molar-refractivity contribution in [2.75, 3.05) is 27.3 Å². The number of fused-ring (bicyclic) bond motifs is 1. The summed E-state index contributed by atoms with van der Waals surface area (Å²) in [6.07, 6.45) is 6.08. The van der Waals surface area contributed by atoms with Crippen molar-refractivity contribution < 1.29 is 14.3 Å². The molecule has 0 aliphatic rings. The minimum atomic E-state index is -0.533. The summed E-state index contributed by atoms with van der Waals surface area (Å²) in [6.45, 7) is 0.962. The van der Waals surface area contributed by atoms with Crippen LogP contribution in [0.5, 0.6) is 0 Å². The van der Waals surface area contributed by atoms with Gasteiger partial charge in [-0.15, -0.1) is 0 Å². The molecule has 7 nitrogen and oxygen atoms in total. The maximum absolute atomic E-state index is 12.3. The van der Waals surface area contributed by atoms with Crippen molar-refractivity contribution in [1.29, 1.82) is 0 Å². The summed E-state index contributed by atoms with van der Waals surface area (Å²) in [5, 5.41) is 0.753. The van der Waals surface area contributed by atoms with Crippen LogP contribution in [0.3, 0.4) is 0 Å². The molecule has 0 aromatic carbocycles. The van der Waals surface area contributed by atoms with Crippen molar-refractivity contribution in [3.05, 3.63) is 35.7 Å². The number of aromatic nitrogens is 2. The molecule has 0 saturated heterocycles. The number of hydrogen-bond acceptors (Lipinski definition) is 4. The van der Waals surface area contributed by atoms with Gasteiger partial charge in [0.15, 0.2) is 0 Å². The average Bonchev–Trinajstić information content (AvgIpc) is 2.92. The van der Waals surface area contributed by atoms with Crippen LogP contribution in [0.4, 0.5) is 0 Å². The molecule has 2 aromatic rings. The Morgan fingerprint density at radius 3 is 2.95 bits per heavy atom. The number of methoxy groups -OCH3 is 1. The van der Waals surface area contributed by atoms with Gasteiger partial charge in [0.25, 0.3) is 5.91 Å². The Balaban J connectivity index is 2.30. The van der Waals surface area contributed by atoms with Gasteiger partial charge >= 0.3 is 0 Å². The van der Waals surface area contributed by atoms with Gasteiger partial charge in [-0.25, -0.2) is 4.98 Å². The van der Waals surface area contributed by atoms with Crippen molar-refractivity contribution in [3.63, 3.8) is 0 Å². The van der Waals surface area contributed by atoms with Gasteiger partial charge in [-0.05, 0) is 12.1 Å². The van der Waals surface area contributed by atoms with Gasteiger partial charge in [-0.2, -0.15) is 0 Å². The van der Waals surface area contributed by atoms with Crippen LogP contribution in [-0.4, -0.2) is 54.0 Å². The number of nitrogens with one attached hydrogen (secondary N) is 1. The predicted octanol–water partition coefficient (Wildman–Crippen LogP) is 0.780. The number of H-pyrrole nitrogens is 1. The molecule has 0 aliphatic carbocycles. The van der Waals surface area contributed by atoms with Crippen molar-refractivity contribution in [2.24, 2.45) is 5.73 Å². The van der Waals surface area contributed by atoms with E-state index in [1.165, 1.54) is 12.3 Å². The van der Waals surface area contributed by atoms with Crippen LogP contribution >= 0.6 is 0 Å². The molecule has 22 heavy (non-hydrogen) atoms. The summed E-state index contributed by atoms with van der Waals surface area (Å²) in [5.74, 6) is -0.675. The summed E-state index contributed by atoms with van der Waals surface area (Å²) in [6, 6.07) is 1.74. The fourth-order valence-corrected chi connectivity index (χ4v) is 2.00. The second-order valence-electron chi connectivity index (χ2n) is 4.82. The molecular formula is C15H18N4O3. The molecule has 116 valence electrons. The Hall–Kier alpha value is -2.67. The van der Waals surface area contributed by atoms with Gasteiger partial charge in [-0.3, -0.25) is 9.59 Å². The Bertz CT molecular complexity index is 721. The van der Waals surface area contributed by atoms with E-state index in [4.69, 9.17) is 10.5 Å². The van der Waals surface area contributed by atoms with Crippen LogP contribution in [0.1, 0.15) is 15.9 Å². The molecule has 0 fully saturated rings. The van der Waals surface area contributed by atoms with E-state index in [9.17, 15) is 9.59 Å². The number of nitrogens with two attached hydrogens (primary N) is 1. The summed E-state index contributed by atoms with van der Waals surface area (Å²) in [5.41, 5.74) is 6.95. The molecule has 3 N–H and O–H groups in total. The normalized spacial score (nSPS) is 11.2. The monoisotopic (exact) mass is 302 g/mol. The third-order valence-corrected chi connectivity index (χ3v) is 3.21. The summed E-state index contributed by atoms with van der Waals surface area (Å²) >= 11 is 0. The highest BCUT2D eigenvalue weighted by Crippen LogP contribution is 2.19. The highest BCUT2D eigenvalue weighted by molar-refractivity contribution is 5.99. The molecule has 2 heterocycles. The molecule has 0 bridgehead atoms. The lowest BCUT2D eigenvalue weighted by molar-refractivity contribution is -0.113. The first kappa shape index (κ1) is 15.7. The van der Waals surface area contributed by atoms with Crippen LogP contribution in [-0.2, 0) is 9.53 Å². The van der Waals surface area contributed by atoms with E-state index >= 15 is 0 Å². The zero-order chi connectivity index (χ0) is 16.1. The number of ether oxygens (including phenoxy) is 1. The van der Waals surface area contributed by atoms with E-state index in [-0.39, 0.29) is 5.91 Å². The fourth-order valence-electron chi connectivity index (χ4n) is 2.00. The molecule has 7 heteroatoms. The number of aromatic amines is 1. The second kappa shape index (κ2) is 6.86. The Labute approximate surface area is 127 Å². The number of carbonyl (C=O) groups is 2. The first-order valence-corrected chi connectivity index (χ1v) is 6.72. The first-order valence-electron chi connectivity index (χ1n) is 6.72. The Morgan fingerprint density at radius 2 is 2.27 bits per heavy atom. The topological polar surface area (TPSA) is 101 Å². The highest BCUT2D eigenvalue weighted by Gasteiger charge is 2.14. The van der Waals surface area contributed by atoms with Crippen LogP contribution in [0.25, 0.3) is 17.1 Å². The number of rotatable bonds is 6. The first-order chi connectivity index (χ1) is 10.5. The summed E-state index contributed by atoms with van der Waals surface area (Å²) < 4.78 is 4.96. The number of carbonyl (C=O) groups excluding carboxylic acids is 2. The maximum atomic E-state index is 12.3. The molecule has 0 aliphatic heterocycles. The lowest BCUT2D eigenvalue weighted by Gasteiger charge is -2.16. The minimum Gasteiger partial charge on any atom is -0.383 e. The van der Waals surface area contributed by atoms with E-state index in [1.54, 1.807) is 37.4 Å². The Morgan fingerprint density at radius 1 is 1.50 bits per heavy atom. The van der Waals surface area contributed by atoms with Crippen molar-refractivity contribution >= 4 is 28.9 Å². The van der Waals surface area contributed by atoms with Crippen LogP contribution < -0.4 is 5.73 Å². The van der Waals surface area contributed by atoms with E-state index < -0.39 is 5.91 Å². The molecule has 0 saturated carbocycles. The predicted molar refractivity (Wildman–Crippen MR) is 83.2 cm³/mol. The third kappa shape index (κ3) is 3.50. The number of hydrogen-bond donors (Lipinski definition) is 2. The molecule has 0 radical (unpaired) electrons. The molecule has 2 amide bonds. The van der Waals surface area contributed by atoms with Crippen molar-refractivity contribution in [2.45, 2.75) is 0 Å². The number of amides is 2. The molecule has 2 aromatic heterocycles. The lowest BCUT2D eigenvalue weighted by atomic mass is 10.1. The lowest BCUT2D eigenvalue weighted by Crippen LogP contribution is -2.30. The maximum Gasteiger partial charge on any atom is 0.255 e. The second-order valence-corrected chi connectivity index (χ2v) is 4.82. The summed E-state index contributed by atoms with van der Waals surface area (Å²) in [7, 11) is 3.29. The largest absolute Gasteiger partial charge is 0.383 e. The molecule has 0 spiro atoms.